The third-order valence-corrected chi connectivity index (χ3v) is 2.68. The highest BCUT2D eigenvalue weighted by molar-refractivity contribution is 6.08. The van der Waals surface area contributed by atoms with E-state index >= 15 is 0 Å². The molecule has 0 fully saturated rings. The fourth-order valence-corrected chi connectivity index (χ4v) is 1.70. The van der Waals surface area contributed by atoms with E-state index < -0.39 is 0 Å². The summed E-state index contributed by atoms with van der Waals surface area (Å²) in [6.45, 7) is 3.98. The summed E-state index contributed by atoms with van der Waals surface area (Å²) in [6.07, 6.45) is 5.90. The van der Waals surface area contributed by atoms with E-state index in [4.69, 9.17) is 0 Å². The van der Waals surface area contributed by atoms with Crippen molar-refractivity contribution in [1.82, 2.24) is 9.97 Å². The summed E-state index contributed by atoms with van der Waals surface area (Å²) in [7, 11) is 0. The van der Waals surface area contributed by atoms with E-state index in [0.29, 0.717) is 11.3 Å². The van der Waals surface area contributed by atoms with Crippen molar-refractivity contribution in [3.8, 4) is 0 Å². The summed E-state index contributed by atoms with van der Waals surface area (Å²) < 4.78 is 0. The minimum Gasteiger partial charge on any atom is -0.287 e. The molecule has 0 saturated heterocycles. The number of hydrogen-bond acceptors (Lipinski definition) is 3. The van der Waals surface area contributed by atoms with Crippen LogP contribution in [0.5, 0.6) is 0 Å². The molecule has 0 radical (unpaired) electrons. The number of ketones is 1. The van der Waals surface area contributed by atoms with Gasteiger partial charge in [0, 0.05) is 24.2 Å². The standard InChI is InChI=1S/C14H14N2O/c1-3-11-7-10(2)13(16-8-11)14(17)12-5-4-6-15-9-12/h4-9H,3H2,1-2H3. The normalized spacial score (nSPS) is 10.2. The van der Waals surface area contributed by atoms with Gasteiger partial charge in [-0.2, -0.15) is 0 Å². The highest BCUT2D eigenvalue weighted by Gasteiger charge is 2.13. The summed E-state index contributed by atoms with van der Waals surface area (Å²) in [4.78, 5) is 20.4. The van der Waals surface area contributed by atoms with Crippen LogP contribution in [-0.4, -0.2) is 15.8 Å². The second-order valence-corrected chi connectivity index (χ2v) is 3.93. The maximum atomic E-state index is 12.2. The van der Waals surface area contributed by atoms with Crippen LogP contribution in [-0.2, 0) is 6.42 Å². The molecule has 0 N–H and O–H groups in total. The van der Waals surface area contributed by atoms with Gasteiger partial charge in [0.05, 0.1) is 0 Å². The first-order valence-electron chi connectivity index (χ1n) is 5.62. The van der Waals surface area contributed by atoms with Crippen molar-refractivity contribution in [1.29, 1.82) is 0 Å². The van der Waals surface area contributed by atoms with Crippen LogP contribution in [0.2, 0.25) is 0 Å². The second kappa shape index (κ2) is 4.87. The summed E-state index contributed by atoms with van der Waals surface area (Å²) in [5.74, 6) is -0.0711. The summed E-state index contributed by atoms with van der Waals surface area (Å²) in [5.41, 5.74) is 3.14. The van der Waals surface area contributed by atoms with Gasteiger partial charge in [0.1, 0.15) is 5.69 Å². The SMILES string of the molecule is CCc1cnc(C(=O)c2cccnc2)c(C)c1. The van der Waals surface area contributed by atoms with Gasteiger partial charge >= 0.3 is 0 Å². The average molecular weight is 226 g/mol. The Morgan fingerprint density at radius 3 is 2.76 bits per heavy atom. The molecular formula is C14H14N2O. The van der Waals surface area contributed by atoms with Gasteiger partial charge in [0.2, 0.25) is 5.78 Å². The lowest BCUT2D eigenvalue weighted by molar-refractivity contribution is 0.103. The zero-order valence-corrected chi connectivity index (χ0v) is 9.97. The van der Waals surface area contributed by atoms with Crippen molar-refractivity contribution < 1.29 is 4.79 Å². The van der Waals surface area contributed by atoms with E-state index in [1.807, 2.05) is 13.0 Å². The number of hydrogen-bond donors (Lipinski definition) is 0. The topological polar surface area (TPSA) is 42.9 Å². The average Bonchev–Trinajstić information content (AvgIpc) is 2.39. The molecule has 3 heteroatoms. The Balaban J connectivity index is 2.38. The predicted molar refractivity (Wildman–Crippen MR) is 66.0 cm³/mol. The third kappa shape index (κ3) is 2.38. The molecule has 0 amide bonds. The Labute approximate surface area is 101 Å². The van der Waals surface area contributed by atoms with E-state index in [2.05, 4.69) is 16.9 Å². The Morgan fingerprint density at radius 1 is 1.35 bits per heavy atom. The van der Waals surface area contributed by atoms with Gasteiger partial charge in [-0.25, -0.2) is 0 Å². The fourth-order valence-electron chi connectivity index (χ4n) is 1.70. The molecule has 0 bridgehead atoms. The smallest absolute Gasteiger partial charge is 0.213 e. The number of carbonyl (C=O) groups excluding carboxylic acids is 1. The van der Waals surface area contributed by atoms with Crippen LogP contribution < -0.4 is 0 Å². The van der Waals surface area contributed by atoms with Crippen molar-refractivity contribution in [3.63, 3.8) is 0 Å². The van der Waals surface area contributed by atoms with Crippen molar-refractivity contribution in [3.05, 3.63) is 59.2 Å². The van der Waals surface area contributed by atoms with Crippen LogP contribution in [0.25, 0.3) is 0 Å². The maximum Gasteiger partial charge on any atom is 0.213 e. The zero-order valence-electron chi connectivity index (χ0n) is 9.97. The quantitative estimate of drug-likeness (QED) is 0.755. The highest BCUT2D eigenvalue weighted by Crippen LogP contribution is 2.12. The second-order valence-electron chi connectivity index (χ2n) is 3.93. The third-order valence-electron chi connectivity index (χ3n) is 2.68. The first-order valence-corrected chi connectivity index (χ1v) is 5.62. The van der Waals surface area contributed by atoms with Gasteiger partial charge in [-0.1, -0.05) is 13.0 Å². The lowest BCUT2D eigenvalue weighted by Gasteiger charge is -2.05. The van der Waals surface area contributed by atoms with Crippen LogP contribution in [0.3, 0.4) is 0 Å². The molecule has 0 spiro atoms. The fraction of sp³-hybridized carbons (Fsp3) is 0.214. The summed E-state index contributed by atoms with van der Waals surface area (Å²) in [6, 6.07) is 5.52. The van der Waals surface area contributed by atoms with E-state index in [0.717, 1.165) is 17.5 Å². The molecule has 0 unspecified atom stereocenters. The number of carbonyl (C=O) groups is 1. The lowest BCUT2D eigenvalue weighted by Crippen LogP contribution is -2.07. The van der Waals surface area contributed by atoms with E-state index in [1.165, 1.54) is 0 Å². The van der Waals surface area contributed by atoms with Crippen LogP contribution >= 0.6 is 0 Å². The number of aromatic nitrogens is 2. The molecule has 17 heavy (non-hydrogen) atoms. The van der Waals surface area contributed by atoms with E-state index in [-0.39, 0.29) is 5.78 Å². The van der Waals surface area contributed by atoms with Crippen molar-refractivity contribution in [2.75, 3.05) is 0 Å². The van der Waals surface area contributed by atoms with Crippen LogP contribution in [0.1, 0.15) is 34.1 Å². The molecule has 2 aromatic heterocycles. The Hall–Kier alpha value is -2.03. The van der Waals surface area contributed by atoms with Crippen LogP contribution in [0.4, 0.5) is 0 Å². The van der Waals surface area contributed by atoms with Gasteiger partial charge in [-0.15, -0.1) is 0 Å². The van der Waals surface area contributed by atoms with Crippen LogP contribution in [0.15, 0.2) is 36.8 Å². The lowest BCUT2D eigenvalue weighted by atomic mass is 10.0. The molecule has 0 aliphatic carbocycles. The number of rotatable bonds is 3. The highest BCUT2D eigenvalue weighted by atomic mass is 16.1. The van der Waals surface area contributed by atoms with Gasteiger partial charge in [-0.3, -0.25) is 14.8 Å². The molecule has 0 aliphatic heterocycles. The Kier molecular flexibility index (Phi) is 3.28. The summed E-state index contributed by atoms with van der Waals surface area (Å²) >= 11 is 0. The molecule has 0 aromatic carbocycles. The molecular weight excluding hydrogens is 212 g/mol. The largest absolute Gasteiger partial charge is 0.287 e. The van der Waals surface area contributed by atoms with Crippen LogP contribution in [0, 0.1) is 6.92 Å². The minimum atomic E-state index is -0.0711. The first kappa shape index (κ1) is 11.5. The van der Waals surface area contributed by atoms with Gasteiger partial charge in [0.15, 0.2) is 0 Å². The molecule has 0 saturated carbocycles. The first-order chi connectivity index (χ1) is 8.22. The maximum absolute atomic E-state index is 12.2. The molecule has 0 aliphatic rings. The Morgan fingerprint density at radius 2 is 2.18 bits per heavy atom. The molecule has 0 atom stereocenters. The molecule has 2 rings (SSSR count). The molecule has 2 heterocycles. The molecule has 2 aromatic rings. The molecule has 3 nitrogen and oxygen atoms in total. The minimum absolute atomic E-state index is 0.0711. The summed E-state index contributed by atoms with van der Waals surface area (Å²) in [5, 5.41) is 0. The van der Waals surface area contributed by atoms with Crippen molar-refractivity contribution in [2.45, 2.75) is 20.3 Å². The van der Waals surface area contributed by atoms with Gasteiger partial charge in [-0.05, 0) is 36.6 Å². The predicted octanol–water partition coefficient (Wildman–Crippen LogP) is 2.58. The van der Waals surface area contributed by atoms with Gasteiger partial charge in [0.25, 0.3) is 0 Å². The van der Waals surface area contributed by atoms with Crippen molar-refractivity contribution >= 4 is 5.78 Å². The zero-order chi connectivity index (χ0) is 12.3. The molecule has 86 valence electrons. The number of aryl methyl sites for hydroxylation is 2. The number of pyridine rings is 2. The van der Waals surface area contributed by atoms with E-state index in [1.54, 1.807) is 30.7 Å². The number of nitrogens with zero attached hydrogens (tertiary/aromatic N) is 2. The van der Waals surface area contributed by atoms with E-state index in [9.17, 15) is 4.79 Å². The van der Waals surface area contributed by atoms with Gasteiger partial charge < -0.3 is 0 Å². The van der Waals surface area contributed by atoms with Crippen molar-refractivity contribution in [2.24, 2.45) is 0 Å². The Bertz CT molecular complexity index is 535. The monoisotopic (exact) mass is 226 g/mol.